The molecule has 5 nitrogen and oxygen atoms in total. The molecule has 0 radical (unpaired) electrons. The number of carbonyl (C=O) groups is 1. The average Bonchev–Trinajstić information content (AvgIpc) is 2.91. The van der Waals surface area contributed by atoms with E-state index in [1.54, 1.807) is 6.07 Å². The SMILES string of the molecule is Cc1cccc(OCCNC(=O)c2cc(CC(C)C)[nH]n2)c1. The van der Waals surface area contributed by atoms with Gasteiger partial charge in [0.1, 0.15) is 18.1 Å². The number of aromatic amines is 1. The molecule has 5 heteroatoms. The summed E-state index contributed by atoms with van der Waals surface area (Å²) >= 11 is 0. The molecule has 1 aromatic heterocycles. The molecule has 2 rings (SSSR count). The van der Waals surface area contributed by atoms with Crippen molar-refractivity contribution in [1.29, 1.82) is 0 Å². The van der Waals surface area contributed by atoms with Crippen LogP contribution in [0.25, 0.3) is 0 Å². The number of nitrogens with zero attached hydrogens (tertiary/aromatic N) is 1. The van der Waals surface area contributed by atoms with Crippen molar-refractivity contribution in [2.75, 3.05) is 13.2 Å². The van der Waals surface area contributed by atoms with Gasteiger partial charge in [0.2, 0.25) is 0 Å². The molecular formula is C17H23N3O2. The van der Waals surface area contributed by atoms with Crippen molar-refractivity contribution in [2.24, 2.45) is 5.92 Å². The number of ether oxygens (including phenoxy) is 1. The minimum atomic E-state index is -0.181. The smallest absolute Gasteiger partial charge is 0.271 e. The molecular weight excluding hydrogens is 278 g/mol. The number of aryl methyl sites for hydroxylation is 1. The van der Waals surface area contributed by atoms with Gasteiger partial charge in [0.15, 0.2) is 0 Å². The number of nitrogens with one attached hydrogen (secondary N) is 2. The van der Waals surface area contributed by atoms with Crippen molar-refractivity contribution < 1.29 is 9.53 Å². The summed E-state index contributed by atoms with van der Waals surface area (Å²) in [5, 5.41) is 9.74. The predicted molar refractivity (Wildman–Crippen MR) is 86.1 cm³/mol. The first-order valence-electron chi connectivity index (χ1n) is 7.56. The van der Waals surface area contributed by atoms with Crippen molar-refractivity contribution in [1.82, 2.24) is 15.5 Å². The topological polar surface area (TPSA) is 67.0 Å². The van der Waals surface area contributed by atoms with Crippen LogP contribution in [0.4, 0.5) is 0 Å². The monoisotopic (exact) mass is 301 g/mol. The van der Waals surface area contributed by atoms with Crippen LogP contribution in [0, 0.1) is 12.8 Å². The molecule has 1 amide bonds. The molecule has 2 aromatic rings. The van der Waals surface area contributed by atoms with Crippen molar-refractivity contribution in [3.63, 3.8) is 0 Å². The Kier molecular flexibility index (Phi) is 5.58. The van der Waals surface area contributed by atoms with Crippen LogP contribution >= 0.6 is 0 Å². The zero-order valence-corrected chi connectivity index (χ0v) is 13.3. The highest BCUT2D eigenvalue weighted by Gasteiger charge is 2.10. The molecule has 0 bridgehead atoms. The van der Waals surface area contributed by atoms with Gasteiger partial charge in [0.25, 0.3) is 5.91 Å². The molecule has 0 saturated carbocycles. The number of rotatable bonds is 7. The molecule has 118 valence electrons. The molecule has 0 fully saturated rings. The van der Waals surface area contributed by atoms with E-state index in [9.17, 15) is 4.79 Å². The number of aromatic nitrogens is 2. The first-order chi connectivity index (χ1) is 10.5. The minimum Gasteiger partial charge on any atom is -0.492 e. The van der Waals surface area contributed by atoms with Crippen LogP contribution < -0.4 is 10.1 Å². The summed E-state index contributed by atoms with van der Waals surface area (Å²) in [7, 11) is 0. The van der Waals surface area contributed by atoms with Crippen LogP contribution in [0.3, 0.4) is 0 Å². The normalized spacial score (nSPS) is 10.7. The number of H-pyrrole nitrogens is 1. The predicted octanol–water partition coefficient (Wildman–Crippen LogP) is 2.73. The molecule has 0 saturated heterocycles. The van der Waals surface area contributed by atoms with Gasteiger partial charge in [-0.05, 0) is 43.0 Å². The van der Waals surface area contributed by atoms with Gasteiger partial charge in [-0.25, -0.2) is 0 Å². The van der Waals surface area contributed by atoms with Gasteiger partial charge < -0.3 is 10.1 Å². The number of hydrogen-bond acceptors (Lipinski definition) is 3. The fraction of sp³-hybridized carbons (Fsp3) is 0.412. The second kappa shape index (κ2) is 7.64. The lowest BCUT2D eigenvalue weighted by atomic mass is 10.1. The van der Waals surface area contributed by atoms with Crippen molar-refractivity contribution in [3.05, 3.63) is 47.3 Å². The Labute approximate surface area is 131 Å². The van der Waals surface area contributed by atoms with Gasteiger partial charge in [-0.1, -0.05) is 26.0 Å². The molecule has 0 atom stereocenters. The van der Waals surface area contributed by atoms with Crippen LogP contribution in [0.15, 0.2) is 30.3 Å². The van der Waals surface area contributed by atoms with Crippen molar-refractivity contribution in [2.45, 2.75) is 27.2 Å². The molecule has 1 heterocycles. The van der Waals surface area contributed by atoms with Crippen LogP contribution in [0.5, 0.6) is 5.75 Å². The van der Waals surface area contributed by atoms with E-state index in [1.165, 1.54) is 0 Å². The maximum atomic E-state index is 12.0. The van der Waals surface area contributed by atoms with Crippen LogP contribution in [-0.2, 0) is 6.42 Å². The third-order valence-electron chi connectivity index (χ3n) is 3.14. The van der Waals surface area contributed by atoms with E-state index in [1.807, 2.05) is 31.2 Å². The van der Waals surface area contributed by atoms with Gasteiger partial charge in [0, 0.05) is 5.69 Å². The van der Waals surface area contributed by atoms with Crippen LogP contribution in [0.1, 0.15) is 35.6 Å². The Morgan fingerprint density at radius 2 is 2.18 bits per heavy atom. The second-order valence-electron chi connectivity index (χ2n) is 5.80. The summed E-state index contributed by atoms with van der Waals surface area (Å²) < 4.78 is 5.59. The lowest BCUT2D eigenvalue weighted by Crippen LogP contribution is -2.28. The van der Waals surface area contributed by atoms with Gasteiger partial charge in [-0.3, -0.25) is 9.89 Å². The van der Waals surface area contributed by atoms with Gasteiger partial charge in [0.05, 0.1) is 6.54 Å². The Morgan fingerprint density at radius 1 is 1.36 bits per heavy atom. The minimum absolute atomic E-state index is 0.181. The zero-order chi connectivity index (χ0) is 15.9. The number of carbonyl (C=O) groups excluding carboxylic acids is 1. The van der Waals surface area contributed by atoms with E-state index in [2.05, 4.69) is 29.4 Å². The summed E-state index contributed by atoms with van der Waals surface area (Å²) in [6.07, 6.45) is 0.886. The van der Waals surface area contributed by atoms with Crippen molar-refractivity contribution >= 4 is 5.91 Å². The molecule has 1 aromatic carbocycles. The molecule has 0 aliphatic carbocycles. The van der Waals surface area contributed by atoms with Crippen molar-refractivity contribution in [3.8, 4) is 5.75 Å². The molecule has 0 spiro atoms. The van der Waals surface area contributed by atoms with Gasteiger partial charge >= 0.3 is 0 Å². The zero-order valence-electron chi connectivity index (χ0n) is 13.3. The Balaban J connectivity index is 1.74. The molecule has 2 N–H and O–H groups in total. The Morgan fingerprint density at radius 3 is 2.91 bits per heavy atom. The van der Waals surface area contributed by atoms with Crippen LogP contribution in [-0.4, -0.2) is 29.3 Å². The van der Waals surface area contributed by atoms with E-state index < -0.39 is 0 Å². The van der Waals surface area contributed by atoms with E-state index in [-0.39, 0.29) is 5.91 Å². The summed E-state index contributed by atoms with van der Waals surface area (Å²) in [5.41, 5.74) is 2.55. The first-order valence-corrected chi connectivity index (χ1v) is 7.56. The standard InChI is InChI=1S/C17H23N3O2/c1-12(2)9-14-11-16(20-19-14)17(21)18-7-8-22-15-6-4-5-13(3)10-15/h4-6,10-12H,7-9H2,1-3H3,(H,18,21)(H,19,20). The maximum Gasteiger partial charge on any atom is 0.271 e. The highest BCUT2D eigenvalue weighted by molar-refractivity contribution is 5.92. The van der Waals surface area contributed by atoms with E-state index in [0.717, 1.165) is 23.4 Å². The summed E-state index contributed by atoms with van der Waals surface area (Å²) in [6.45, 7) is 7.14. The number of hydrogen-bond donors (Lipinski definition) is 2. The van der Waals surface area contributed by atoms with E-state index >= 15 is 0 Å². The number of amides is 1. The quantitative estimate of drug-likeness (QED) is 0.773. The van der Waals surface area contributed by atoms with E-state index in [0.29, 0.717) is 24.8 Å². The fourth-order valence-corrected chi connectivity index (χ4v) is 2.15. The average molecular weight is 301 g/mol. The third kappa shape index (κ3) is 4.91. The van der Waals surface area contributed by atoms with E-state index in [4.69, 9.17) is 4.74 Å². The molecule has 0 aliphatic rings. The Bertz CT molecular complexity index is 620. The molecule has 0 unspecified atom stereocenters. The largest absolute Gasteiger partial charge is 0.492 e. The lowest BCUT2D eigenvalue weighted by molar-refractivity contribution is 0.0942. The lowest BCUT2D eigenvalue weighted by Gasteiger charge is -2.07. The fourth-order valence-electron chi connectivity index (χ4n) is 2.15. The first kappa shape index (κ1) is 16.1. The molecule has 0 aliphatic heterocycles. The van der Waals surface area contributed by atoms with Gasteiger partial charge in [-0.15, -0.1) is 0 Å². The van der Waals surface area contributed by atoms with Crippen LogP contribution in [0.2, 0.25) is 0 Å². The molecule has 22 heavy (non-hydrogen) atoms. The summed E-state index contributed by atoms with van der Waals surface area (Å²) in [6, 6.07) is 9.63. The third-order valence-corrected chi connectivity index (χ3v) is 3.14. The highest BCUT2D eigenvalue weighted by atomic mass is 16.5. The number of benzene rings is 1. The maximum absolute atomic E-state index is 12.0. The summed E-state index contributed by atoms with van der Waals surface area (Å²) in [4.78, 5) is 12.0. The van der Waals surface area contributed by atoms with Gasteiger partial charge in [-0.2, -0.15) is 5.10 Å². The summed E-state index contributed by atoms with van der Waals surface area (Å²) in [5.74, 6) is 1.16. The Hall–Kier alpha value is -2.30. The second-order valence-corrected chi connectivity index (χ2v) is 5.80. The highest BCUT2D eigenvalue weighted by Crippen LogP contribution is 2.11.